The molecule has 0 aromatic heterocycles. The van der Waals surface area contributed by atoms with Gasteiger partial charge in [-0.05, 0) is 24.6 Å². The molecule has 104 valence electrons. The SMILES string of the molecule is CCOC(=O)/C=C(\CF)NCc1ccc(OC)cc1. The van der Waals surface area contributed by atoms with E-state index in [9.17, 15) is 9.18 Å². The van der Waals surface area contributed by atoms with Crippen molar-refractivity contribution in [2.75, 3.05) is 20.4 Å². The Morgan fingerprint density at radius 2 is 2.05 bits per heavy atom. The summed E-state index contributed by atoms with van der Waals surface area (Å²) >= 11 is 0. The number of esters is 1. The van der Waals surface area contributed by atoms with Crippen molar-refractivity contribution in [3.8, 4) is 5.75 Å². The van der Waals surface area contributed by atoms with Gasteiger partial charge in [-0.15, -0.1) is 0 Å². The van der Waals surface area contributed by atoms with Crippen molar-refractivity contribution in [2.45, 2.75) is 13.5 Å². The molecule has 0 saturated carbocycles. The Balaban J connectivity index is 2.54. The van der Waals surface area contributed by atoms with Gasteiger partial charge < -0.3 is 14.8 Å². The van der Waals surface area contributed by atoms with Crippen LogP contribution >= 0.6 is 0 Å². The topological polar surface area (TPSA) is 47.6 Å². The molecule has 0 spiro atoms. The van der Waals surface area contributed by atoms with Crippen molar-refractivity contribution in [3.05, 3.63) is 41.6 Å². The molecule has 0 aliphatic heterocycles. The van der Waals surface area contributed by atoms with Gasteiger partial charge in [-0.2, -0.15) is 0 Å². The highest BCUT2D eigenvalue weighted by Gasteiger charge is 2.02. The summed E-state index contributed by atoms with van der Waals surface area (Å²) in [5, 5.41) is 2.86. The van der Waals surface area contributed by atoms with Gasteiger partial charge in [-0.3, -0.25) is 0 Å². The first-order chi connectivity index (χ1) is 9.19. The maximum Gasteiger partial charge on any atom is 0.332 e. The van der Waals surface area contributed by atoms with Gasteiger partial charge in [0.05, 0.1) is 13.7 Å². The molecule has 1 aromatic carbocycles. The molecule has 1 rings (SSSR count). The summed E-state index contributed by atoms with van der Waals surface area (Å²) in [5.41, 5.74) is 1.17. The van der Waals surface area contributed by atoms with Gasteiger partial charge in [-0.25, -0.2) is 9.18 Å². The summed E-state index contributed by atoms with van der Waals surface area (Å²) < 4.78 is 22.5. The third-order valence-electron chi connectivity index (χ3n) is 2.40. The number of hydrogen-bond donors (Lipinski definition) is 1. The van der Waals surface area contributed by atoms with Crippen LogP contribution in [0.5, 0.6) is 5.75 Å². The van der Waals surface area contributed by atoms with E-state index < -0.39 is 12.6 Å². The average Bonchev–Trinajstić information content (AvgIpc) is 2.44. The van der Waals surface area contributed by atoms with Crippen LogP contribution in [0.2, 0.25) is 0 Å². The van der Waals surface area contributed by atoms with Crippen molar-refractivity contribution in [2.24, 2.45) is 0 Å². The lowest BCUT2D eigenvalue weighted by atomic mass is 10.2. The van der Waals surface area contributed by atoms with Gasteiger partial charge in [0.25, 0.3) is 0 Å². The maximum atomic E-state index is 12.7. The van der Waals surface area contributed by atoms with E-state index in [1.165, 1.54) is 0 Å². The number of carbonyl (C=O) groups excluding carboxylic acids is 1. The molecule has 4 nitrogen and oxygen atoms in total. The Kier molecular flexibility index (Phi) is 6.43. The lowest BCUT2D eigenvalue weighted by Crippen LogP contribution is -2.16. The zero-order valence-corrected chi connectivity index (χ0v) is 11.1. The second-order valence-corrected chi connectivity index (χ2v) is 3.76. The van der Waals surface area contributed by atoms with Crippen LogP contribution in [-0.2, 0) is 16.1 Å². The Hall–Kier alpha value is -2.04. The first-order valence-corrected chi connectivity index (χ1v) is 5.99. The molecule has 1 aromatic rings. The molecule has 1 N–H and O–H groups in total. The lowest BCUT2D eigenvalue weighted by molar-refractivity contribution is -0.137. The van der Waals surface area contributed by atoms with Gasteiger partial charge in [0.1, 0.15) is 12.4 Å². The zero-order valence-electron chi connectivity index (χ0n) is 11.1. The fourth-order valence-corrected chi connectivity index (χ4v) is 1.42. The second-order valence-electron chi connectivity index (χ2n) is 3.76. The van der Waals surface area contributed by atoms with Crippen molar-refractivity contribution in [1.82, 2.24) is 5.32 Å². The number of benzene rings is 1. The zero-order chi connectivity index (χ0) is 14.1. The average molecular weight is 267 g/mol. The molecule has 0 saturated heterocycles. The number of carbonyl (C=O) groups is 1. The largest absolute Gasteiger partial charge is 0.497 e. The third kappa shape index (κ3) is 5.42. The van der Waals surface area contributed by atoms with E-state index in [1.54, 1.807) is 14.0 Å². The van der Waals surface area contributed by atoms with Crippen molar-refractivity contribution >= 4 is 5.97 Å². The molecule has 19 heavy (non-hydrogen) atoms. The van der Waals surface area contributed by atoms with Crippen molar-refractivity contribution in [1.29, 1.82) is 0 Å². The highest BCUT2D eigenvalue weighted by molar-refractivity contribution is 5.82. The fraction of sp³-hybridized carbons (Fsp3) is 0.357. The second kappa shape index (κ2) is 8.13. The third-order valence-corrected chi connectivity index (χ3v) is 2.40. The van der Waals surface area contributed by atoms with Crippen LogP contribution in [0, 0.1) is 0 Å². The number of nitrogens with one attached hydrogen (secondary N) is 1. The molecular formula is C14H18FNO3. The summed E-state index contributed by atoms with van der Waals surface area (Å²) in [6.45, 7) is 1.66. The first kappa shape index (κ1) is 15.0. The van der Waals surface area contributed by atoms with Gasteiger partial charge >= 0.3 is 5.97 Å². The maximum absolute atomic E-state index is 12.7. The number of ether oxygens (including phenoxy) is 2. The van der Waals surface area contributed by atoms with E-state index in [-0.39, 0.29) is 12.3 Å². The van der Waals surface area contributed by atoms with Crippen LogP contribution in [0.25, 0.3) is 0 Å². The quantitative estimate of drug-likeness (QED) is 0.608. The standard InChI is InChI=1S/C14H18FNO3/c1-3-19-14(17)8-12(9-15)16-10-11-4-6-13(18-2)7-5-11/h4-8,16H,3,9-10H2,1-2H3/b12-8+. The number of rotatable bonds is 7. The van der Waals surface area contributed by atoms with E-state index >= 15 is 0 Å². The normalized spacial score (nSPS) is 11.0. The van der Waals surface area contributed by atoms with Gasteiger partial charge in [0, 0.05) is 18.3 Å². The summed E-state index contributed by atoms with van der Waals surface area (Å²) in [6, 6.07) is 7.38. The Bertz CT molecular complexity index is 429. The van der Waals surface area contributed by atoms with Crippen LogP contribution in [-0.4, -0.2) is 26.4 Å². The summed E-state index contributed by atoms with van der Waals surface area (Å²) in [4.78, 5) is 11.2. The minimum atomic E-state index is -0.741. The predicted molar refractivity (Wildman–Crippen MR) is 70.5 cm³/mol. The number of allylic oxidation sites excluding steroid dienone is 1. The van der Waals surface area contributed by atoms with E-state index in [2.05, 4.69) is 5.32 Å². The molecule has 0 fully saturated rings. The number of halogens is 1. The van der Waals surface area contributed by atoms with Crippen LogP contribution in [0.4, 0.5) is 4.39 Å². The van der Waals surface area contributed by atoms with Gasteiger partial charge in [0.15, 0.2) is 0 Å². The summed E-state index contributed by atoms with van der Waals surface area (Å²) in [6.07, 6.45) is 1.13. The van der Waals surface area contributed by atoms with E-state index in [4.69, 9.17) is 9.47 Å². The highest BCUT2D eigenvalue weighted by atomic mass is 19.1. The van der Waals surface area contributed by atoms with E-state index in [0.29, 0.717) is 6.54 Å². The van der Waals surface area contributed by atoms with E-state index in [1.807, 2.05) is 24.3 Å². The van der Waals surface area contributed by atoms with Crippen LogP contribution in [0.1, 0.15) is 12.5 Å². The van der Waals surface area contributed by atoms with Crippen molar-refractivity contribution in [3.63, 3.8) is 0 Å². The van der Waals surface area contributed by atoms with Crippen molar-refractivity contribution < 1.29 is 18.7 Å². The first-order valence-electron chi connectivity index (χ1n) is 5.99. The summed E-state index contributed by atoms with van der Waals surface area (Å²) in [7, 11) is 1.59. The lowest BCUT2D eigenvalue weighted by Gasteiger charge is -2.08. The predicted octanol–water partition coefficient (Wildman–Crippen LogP) is 2.20. The van der Waals surface area contributed by atoms with Crippen LogP contribution < -0.4 is 10.1 Å². The number of methoxy groups -OCH3 is 1. The number of hydrogen-bond acceptors (Lipinski definition) is 4. The smallest absolute Gasteiger partial charge is 0.332 e. The highest BCUT2D eigenvalue weighted by Crippen LogP contribution is 2.11. The minimum Gasteiger partial charge on any atom is -0.497 e. The molecule has 0 bridgehead atoms. The van der Waals surface area contributed by atoms with E-state index in [0.717, 1.165) is 17.4 Å². The fourth-order valence-electron chi connectivity index (χ4n) is 1.42. The monoisotopic (exact) mass is 267 g/mol. The summed E-state index contributed by atoms with van der Waals surface area (Å²) in [5.74, 6) is 0.217. The van der Waals surface area contributed by atoms with Crippen LogP contribution in [0.15, 0.2) is 36.0 Å². The molecule has 0 heterocycles. The molecule has 0 aliphatic carbocycles. The molecular weight excluding hydrogens is 249 g/mol. The van der Waals surface area contributed by atoms with Gasteiger partial charge in [0.2, 0.25) is 0 Å². The Morgan fingerprint density at radius 3 is 2.58 bits per heavy atom. The molecule has 0 aliphatic rings. The number of alkyl halides is 1. The molecule has 0 radical (unpaired) electrons. The Morgan fingerprint density at radius 1 is 1.37 bits per heavy atom. The van der Waals surface area contributed by atoms with Gasteiger partial charge in [-0.1, -0.05) is 12.1 Å². The molecule has 0 unspecified atom stereocenters. The van der Waals surface area contributed by atoms with Crippen LogP contribution in [0.3, 0.4) is 0 Å². The molecule has 0 amide bonds. The Labute approximate surface area is 112 Å². The molecule has 0 atom stereocenters. The minimum absolute atomic E-state index is 0.203. The molecule has 5 heteroatoms.